The van der Waals surface area contributed by atoms with Gasteiger partial charge in [0.05, 0.1) is 5.41 Å². The van der Waals surface area contributed by atoms with Crippen LogP contribution in [0.2, 0.25) is 0 Å². The van der Waals surface area contributed by atoms with Crippen molar-refractivity contribution in [1.82, 2.24) is 0 Å². The Labute approximate surface area is 130 Å². The number of benzene rings is 3. The standard InChI is InChI=1S/C22H16/c1-4-10-19-16(7-1)13-14-22(19)20-11-5-2-8-17(20)15-18-9-3-6-12-21(18)22/h1-14H,15H2. The summed E-state index contributed by atoms with van der Waals surface area (Å²) in [5.74, 6) is 0. The largest absolute Gasteiger partial charge is 0.0646 e. The highest BCUT2D eigenvalue weighted by Crippen LogP contribution is 2.51. The normalized spacial score (nSPS) is 16.2. The highest BCUT2D eigenvalue weighted by Gasteiger charge is 2.42. The van der Waals surface area contributed by atoms with E-state index in [1.54, 1.807) is 0 Å². The van der Waals surface area contributed by atoms with Gasteiger partial charge in [0, 0.05) is 0 Å². The average molecular weight is 280 g/mol. The maximum absolute atomic E-state index is 2.40. The van der Waals surface area contributed by atoms with E-state index in [4.69, 9.17) is 0 Å². The number of rotatable bonds is 0. The molecule has 3 aromatic carbocycles. The zero-order valence-corrected chi connectivity index (χ0v) is 12.3. The summed E-state index contributed by atoms with van der Waals surface area (Å²) in [5, 5.41) is 0. The maximum Gasteiger partial charge on any atom is 0.0646 e. The molecule has 0 aliphatic heterocycles. The first-order chi connectivity index (χ1) is 10.9. The first kappa shape index (κ1) is 12.0. The second-order valence-corrected chi connectivity index (χ2v) is 6.22. The number of hydrogen-bond acceptors (Lipinski definition) is 0. The summed E-state index contributed by atoms with van der Waals surface area (Å²) in [7, 11) is 0. The molecule has 104 valence electrons. The molecule has 0 N–H and O–H groups in total. The van der Waals surface area contributed by atoms with E-state index in [9.17, 15) is 0 Å². The molecule has 0 nitrogen and oxygen atoms in total. The molecule has 0 heterocycles. The van der Waals surface area contributed by atoms with Crippen molar-refractivity contribution < 1.29 is 0 Å². The highest BCUT2D eigenvalue weighted by molar-refractivity contribution is 5.76. The second kappa shape index (κ2) is 4.20. The first-order valence-electron chi connectivity index (χ1n) is 7.85. The van der Waals surface area contributed by atoms with Crippen LogP contribution in [-0.4, -0.2) is 0 Å². The van der Waals surface area contributed by atoms with E-state index in [0.717, 1.165) is 6.42 Å². The van der Waals surface area contributed by atoms with E-state index in [-0.39, 0.29) is 5.41 Å². The summed E-state index contributed by atoms with van der Waals surface area (Å²) < 4.78 is 0. The average Bonchev–Trinajstić information content (AvgIpc) is 2.96. The van der Waals surface area contributed by atoms with Gasteiger partial charge < -0.3 is 0 Å². The van der Waals surface area contributed by atoms with Gasteiger partial charge in [-0.1, -0.05) is 84.9 Å². The predicted molar refractivity (Wildman–Crippen MR) is 91.0 cm³/mol. The molecule has 5 rings (SSSR count). The van der Waals surface area contributed by atoms with Gasteiger partial charge in [0.15, 0.2) is 0 Å². The van der Waals surface area contributed by atoms with Crippen LogP contribution in [0.3, 0.4) is 0 Å². The topological polar surface area (TPSA) is 0 Å². The quantitative estimate of drug-likeness (QED) is 0.546. The Morgan fingerprint density at radius 3 is 1.82 bits per heavy atom. The smallest absolute Gasteiger partial charge is 0.0646 e. The van der Waals surface area contributed by atoms with E-state index in [1.807, 2.05) is 0 Å². The minimum absolute atomic E-state index is 0.109. The molecule has 0 unspecified atom stereocenters. The van der Waals surface area contributed by atoms with E-state index in [0.29, 0.717) is 0 Å². The Balaban J connectivity index is 1.93. The third-order valence-corrected chi connectivity index (χ3v) is 5.16. The minimum atomic E-state index is -0.109. The van der Waals surface area contributed by atoms with Crippen molar-refractivity contribution in [3.05, 3.63) is 112 Å². The van der Waals surface area contributed by atoms with Gasteiger partial charge in [-0.05, 0) is 39.8 Å². The van der Waals surface area contributed by atoms with Gasteiger partial charge in [0.25, 0.3) is 0 Å². The van der Waals surface area contributed by atoms with Crippen LogP contribution in [0.1, 0.15) is 33.4 Å². The molecular weight excluding hydrogens is 264 g/mol. The Kier molecular flexibility index (Phi) is 2.29. The fraction of sp³-hybridized carbons (Fsp3) is 0.0909. The lowest BCUT2D eigenvalue weighted by atomic mass is 9.64. The lowest BCUT2D eigenvalue weighted by molar-refractivity contribution is 0.743. The van der Waals surface area contributed by atoms with Gasteiger partial charge >= 0.3 is 0 Å². The molecule has 2 aliphatic carbocycles. The summed E-state index contributed by atoms with van der Waals surface area (Å²) in [6.45, 7) is 0. The van der Waals surface area contributed by atoms with Crippen LogP contribution in [0, 0.1) is 0 Å². The van der Waals surface area contributed by atoms with Crippen molar-refractivity contribution in [2.45, 2.75) is 11.8 Å². The zero-order chi connectivity index (χ0) is 14.6. The SMILES string of the molecule is C1=CC2(c3ccccc31)c1ccccc1Cc1ccccc12. The highest BCUT2D eigenvalue weighted by atomic mass is 14.4. The van der Waals surface area contributed by atoms with Crippen LogP contribution in [-0.2, 0) is 11.8 Å². The minimum Gasteiger partial charge on any atom is -0.0646 e. The Hall–Kier alpha value is -2.60. The van der Waals surface area contributed by atoms with Crippen LogP contribution in [0.15, 0.2) is 78.9 Å². The molecule has 0 amide bonds. The predicted octanol–water partition coefficient (Wildman–Crippen LogP) is 4.95. The van der Waals surface area contributed by atoms with E-state index in [2.05, 4.69) is 84.9 Å². The van der Waals surface area contributed by atoms with Crippen LogP contribution in [0.5, 0.6) is 0 Å². The monoisotopic (exact) mass is 280 g/mol. The summed E-state index contributed by atoms with van der Waals surface area (Å²) in [6.07, 6.45) is 5.72. The molecule has 0 bridgehead atoms. The van der Waals surface area contributed by atoms with Crippen molar-refractivity contribution in [1.29, 1.82) is 0 Å². The van der Waals surface area contributed by atoms with Gasteiger partial charge in [0.1, 0.15) is 0 Å². The third-order valence-electron chi connectivity index (χ3n) is 5.16. The van der Waals surface area contributed by atoms with Gasteiger partial charge in [-0.2, -0.15) is 0 Å². The first-order valence-corrected chi connectivity index (χ1v) is 7.85. The summed E-state index contributed by atoms with van der Waals surface area (Å²) in [5.41, 5.74) is 8.42. The number of hydrogen-bond donors (Lipinski definition) is 0. The van der Waals surface area contributed by atoms with Gasteiger partial charge in [0.2, 0.25) is 0 Å². The molecule has 1 spiro atoms. The molecule has 0 saturated carbocycles. The van der Waals surface area contributed by atoms with Crippen molar-refractivity contribution >= 4 is 6.08 Å². The molecular formula is C22H16. The third kappa shape index (κ3) is 1.37. The molecule has 3 aromatic rings. The van der Waals surface area contributed by atoms with E-state index >= 15 is 0 Å². The molecule has 0 fully saturated rings. The molecule has 0 heteroatoms. The van der Waals surface area contributed by atoms with Gasteiger partial charge in [-0.15, -0.1) is 0 Å². The van der Waals surface area contributed by atoms with Gasteiger partial charge in [-0.25, -0.2) is 0 Å². The molecule has 2 aliphatic rings. The molecule has 0 saturated heterocycles. The summed E-state index contributed by atoms with van der Waals surface area (Å²) >= 11 is 0. The Bertz CT molecular complexity index is 869. The molecule has 0 atom stereocenters. The molecule has 0 aromatic heterocycles. The summed E-state index contributed by atoms with van der Waals surface area (Å²) in [6, 6.07) is 26.6. The lowest BCUT2D eigenvalue weighted by Crippen LogP contribution is -2.31. The maximum atomic E-state index is 2.40. The number of fused-ring (bicyclic) bond motifs is 6. The molecule has 0 radical (unpaired) electrons. The van der Waals surface area contributed by atoms with Crippen molar-refractivity contribution in [3.63, 3.8) is 0 Å². The van der Waals surface area contributed by atoms with Crippen molar-refractivity contribution in [3.8, 4) is 0 Å². The van der Waals surface area contributed by atoms with E-state index < -0.39 is 0 Å². The van der Waals surface area contributed by atoms with Crippen LogP contribution >= 0.6 is 0 Å². The molecule has 22 heavy (non-hydrogen) atoms. The van der Waals surface area contributed by atoms with Gasteiger partial charge in [-0.3, -0.25) is 0 Å². The lowest BCUT2D eigenvalue weighted by Gasteiger charge is -2.38. The fourth-order valence-corrected chi connectivity index (χ4v) is 4.24. The zero-order valence-electron chi connectivity index (χ0n) is 12.3. The van der Waals surface area contributed by atoms with Crippen molar-refractivity contribution in [2.75, 3.05) is 0 Å². The number of allylic oxidation sites excluding steroid dienone is 1. The van der Waals surface area contributed by atoms with Crippen LogP contribution < -0.4 is 0 Å². The Morgan fingerprint density at radius 1 is 0.591 bits per heavy atom. The van der Waals surface area contributed by atoms with Crippen LogP contribution in [0.4, 0.5) is 0 Å². The van der Waals surface area contributed by atoms with E-state index in [1.165, 1.54) is 33.4 Å². The fourth-order valence-electron chi connectivity index (χ4n) is 4.24. The van der Waals surface area contributed by atoms with Crippen LogP contribution in [0.25, 0.3) is 6.08 Å². The second-order valence-electron chi connectivity index (χ2n) is 6.22. The Morgan fingerprint density at radius 2 is 1.14 bits per heavy atom. The summed E-state index contributed by atoms with van der Waals surface area (Å²) in [4.78, 5) is 0. The van der Waals surface area contributed by atoms with Crippen molar-refractivity contribution in [2.24, 2.45) is 0 Å².